The summed E-state index contributed by atoms with van der Waals surface area (Å²) in [6, 6.07) is 10.3. The van der Waals surface area contributed by atoms with Crippen LogP contribution in [0.3, 0.4) is 0 Å². The van der Waals surface area contributed by atoms with Gasteiger partial charge < -0.3 is 9.67 Å². The van der Waals surface area contributed by atoms with Gasteiger partial charge in [-0.05, 0) is 23.9 Å². The van der Waals surface area contributed by atoms with Crippen LogP contribution in [0.15, 0.2) is 36.5 Å². The Morgan fingerprint density at radius 2 is 2.07 bits per heavy atom. The van der Waals surface area contributed by atoms with Crippen molar-refractivity contribution in [1.82, 2.24) is 4.57 Å². The van der Waals surface area contributed by atoms with Crippen LogP contribution >= 0.6 is 0 Å². The highest BCUT2D eigenvalue weighted by atomic mass is 16.3. The van der Waals surface area contributed by atoms with Gasteiger partial charge in [-0.2, -0.15) is 0 Å². The Labute approximate surface area is 90.2 Å². The van der Waals surface area contributed by atoms with Crippen molar-refractivity contribution in [1.29, 1.82) is 0 Å². The summed E-state index contributed by atoms with van der Waals surface area (Å²) in [5, 5.41) is 11.0. The number of aromatic nitrogens is 1. The quantitative estimate of drug-likeness (QED) is 0.812. The zero-order valence-corrected chi connectivity index (χ0v) is 9.06. The van der Waals surface area contributed by atoms with Gasteiger partial charge in [0.1, 0.15) is 0 Å². The predicted octanol–water partition coefficient (Wildman–Crippen LogP) is 2.80. The van der Waals surface area contributed by atoms with Gasteiger partial charge >= 0.3 is 0 Å². The van der Waals surface area contributed by atoms with Gasteiger partial charge in [0.05, 0.1) is 6.10 Å². The molecular weight excluding hydrogens is 186 g/mol. The maximum absolute atomic E-state index is 9.76. The Hall–Kier alpha value is -1.28. The summed E-state index contributed by atoms with van der Waals surface area (Å²) in [5.41, 5.74) is 1.20. The van der Waals surface area contributed by atoms with Gasteiger partial charge in [0.15, 0.2) is 0 Å². The molecule has 0 radical (unpaired) electrons. The van der Waals surface area contributed by atoms with Crippen molar-refractivity contribution in [2.75, 3.05) is 0 Å². The molecule has 0 spiro atoms. The molecule has 0 aliphatic rings. The van der Waals surface area contributed by atoms with Gasteiger partial charge in [0, 0.05) is 18.3 Å². The van der Waals surface area contributed by atoms with E-state index >= 15 is 0 Å². The van der Waals surface area contributed by atoms with Crippen molar-refractivity contribution >= 4 is 10.9 Å². The smallest absolute Gasteiger partial charge is 0.0719 e. The summed E-state index contributed by atoms with van der Waals surface area (Å²) in [6.45, 7) is 2.79. The van der Waals surface area contributed by atoms with Crippen LogP contribution in [-0.4, -0.2) is 15.8 Å². The molecule has 2 rings (SSSR count). The number of hydrogen-bond acceptors (Lipinski definition) is 1. The molecule has 2 heteroatoms. The molecule has 0 amide bonds. The Morgan fingerprint density at radius 3 is 2.87 bits per heavy atom. The molecule has 1 unspecified atom stereocenters. The van der Waals surface area contributed by atoms with E-state index in [0.717, 1.165) is 12.8 Å². The first-order chi connectivity index (χ1) is 7.31. The van der Waals surface area contributed by atoms with Crippen molar-refractivity contribution in [2.45, 2.75) is 32.4 Å². The average Bonchev–Trinajstić information content (AvgIpc) is 2.62. The zero-order chi connectivity index (χ0) is 10.7. The van der Waals surface area contributed by atoms with Gasteiger partial charge in [-0.25, -0.2) is 0 Å². The predicted molar refractivity (Wildman–Crippen MR) is 62.9 cm³/mol. The molecule has 1 atom stereocenters. The second-order valence-corrected chi connectivity index (χ2v) is 3.97. The lowest BCUT2D eigenvalue weighted by Gasteiger charge is -2.11. The second-order valence-electron chi connectivity index (χ2n) is 3.97. The molecule has 80 valence electrons. The molecule has 0 aliphatic heterocycles. The third-order valence-corrected chi connectivity index (χ3v) is 2.71. The minimum atomic E-state index is -0.231. The summed E-state index contributed by atoms with van der Waals surface area (Å²) in [4.78, 5) is 0. The van der Waals surface area contributed by atoms with Gasteiger partial charge in [-0.15, -0.1) is 0 Å². The number of fused-ring (bicyclic) bond motifs is 1. The molecule has 0 saturated heterocycles. The SMILES string of the molecule is CCCC(O)Cn1ccc2ccccc21. The maximum Gasteiger partial charge on any atom is 0.0719 e. The normalized spacial score (nSPS) is 13.2. The van der Waals surface area contributed by atoms with Crippen molar-refractivity contribution in [3.8, 4) is 0 Å². The lowest BCUT2D eigenvalue weighted by molar-refractivity contribution is 0.145. The third kappa shape index (κ3) is 2.21. The minimum Gasteiger partial charge on any atom is -0.391 e. The van der Waals surface area contributed by atoms with Crippen LogP contribution < -0.4 is 0 Å². The Kier molecular flexibility index (Phi) is 3.07. The first kappa shape index (κ1) is 10.2. The van der Waals surface area contributed by atoms with Crippen LogP contribution in [0.25, 0.3) is 10.9 Å². The standard InChI is InChI=1S/C13H17NO/c1-2-5-12(15)10-14-9-8-11-6-3-4-7-13(11)14/h3-4,6-9,12,15H,2,5,10H2,1H3. The summed E-state index contributed by atoms with van der Waals surface area (Å²) in [5.74, 6) is 0. The first-order valence-corrected chi connectivity index (χ1v) is 5.53. The zero-order valence-electron chi connectivity index (χ0n) is 9.06. The highest BCUT2D eigenvalue weighted by molar-refractivity contribution is 5.79. The number of aliphatic hydroxyl groups excluding tert-OH is 1. The van der Waals surface area contributed by atoms with Crippen molar-refractivity contribution in [2.24, 2.45) is 0 Å². The minimum absolute atomic E-state index is 0.231. The summed E-state index contributed by atoms with van der Waals surface area (Å²) < 4.78 is 2.12. The van der Waals surface area contributed by atoms with E-state index in [1.165, 1.54) is 10.9 Å². The van der Waals surface area contributed by atoms with E-state index in [9.17, 15) is 5.11 Å². The largest absolute Gasteiger partial charge is 0.391 e. The fourth-order valence-electron chi connectivity index (χ4n) is 1.95. The number of rotatable bonds is 4. The van der Waals surface area contributed by atoms with Gasteiger partial charge in [-0.1, -0.05) is 31.5 Å². The third-order valence-electron chi connectivity index (χ3n) is 2.71. The van der Waals surface area contributed by atoms with Gasteiger partial charge in [0.2, 0.25) is 0 Å². The van der Waals surface area contributed by atoms with E-state index in [1.807, 2.05) is 18.3 Å². The Morgan fingerprint density at radius 1 is 1.27 bits per heavy atom. The molecule has 1 aromatic carbocycles. The molecule has 0 bridgehead atoms. The molecule has 0 fully saturated rings. The Bertz CT molecular complexity index is 433. The van der Waals surface area contributed by atoms with Crippen molar-refractivity contribution < 1.29 is 5.11 Å². The monoisotopic (exact) mass is 203 g/mol. The molecule has 2 nitrogen and oxygen atoms in total. The second kappa shape index (κ2) is 4.49. The molecule has 0 saturated carbocycles. The topological polar surface area (TPSA) is 25.2 Å². The van der Waals surface area contributed by atoms with Gasteiger partial charge in [0.25, 0.3) is 0 Å². The van der Waals surface area contributed by atoms with Crippen LogP contribution in [0.2, 0.25) is 0 Å². The van der Waals surface area contributed by atoms with E-state index in [0.29, 0.717) is 6.54 Å². The van der Waals surface area contributed by atoms with Crippen LogP contribution in [0.5, 0.6) is 0 Å². The van der Waals surface area contributed by atoms with E-state index in [1.54, 1.807) is 0 Å². The highest BCUT2D eigenvalue weighted by Crippen LogP contribution is 2.16. The fourth-order valence-corrected chi connectivity index (χ4v) is 1.95. The lowest BCUT2D eigenvalue weighted by Crippen LogP contribution is -2.14. The summed E-state index contributed by atoms with van der Waals surface area (Å²) in [7, 11) is 0. The summed E-state index contributed by atoms with van der Waals surface area (Å²) >= 11 is 0. The van der Waals surface area contributed by atoms with Gasteiger partial charge in [-0.3, -0.25) is 0 Å². The fraction of sp³-hybridized carbons (Fsp3) is 0.385. The molecule has 1 heterocycles. The van der Waals surface area contributed by atoms with Crippen LogP contribution in [0.1, 0.15) is 19.8 Å². The van der Waals surface area contributed by atoms with E-state index < -0.39 is 0 Å². The summed E-state index contributed by atoms with van der Waals surface area (Å²) in [6.07, 6.45) is 3.71. The first-order valence-electron chi connectivity index (χ1n) is 5.53. The van der Waals surface area contributed by atoms with Crippen LogP contribution in [0.4, 0.5) is 0 Å². The van der Waals surface area contributed by atoms with E-state index in [4.69, 9.17) is 0 Å². The Balaban J connectivity index is 2.21. The lowest BCUT2D eigenvalue weighted by atomic mass is 10.2. The molecule has 1 aromatic heterocycles. The number of nitrogens with zero attached hydrogens (tertiary/aromatic N) is 1. The molecule has 1 N–H and O–H groups in total. The molecule has 2 aromatic rings. The highest BCUT2D eigenvalue weighted by Gasteiger charge is 2.05. The van der Waals surface area contributed by atoms with E-state index in [-0.39, 0.29) is 6.10 Å². The van der Waals surface area contributed by atoms with Crippen LogP contribution in [0, 0.1) is 0 Å². The van der Waals surface area contributed by atoms with Crippen LogP contribution in [-0.2, 0) is 6.54 Å². The molecule has 0 aliphatic carbocycles. The molecule has 15 heavy (non-hydrogen) atoms. The molecular formula is C13H17NO. The number of benzene rings is 1. The van der Waals surface area contributed by atoms with Crippen molar-refractivity contribution in [3.05, 3.63) is 36.5 Å². The number of aliphatic hydroxyl groups is 1. The van der Waals surface area contributed by atoms with Crippen molar-refractivity contribution in [3.63, 3.8) is 0 Å². The van der Waals surface area contributed by atoms with E-state index in [2.05, 4.69) is 29.7 Å². The maximum atomic E-state index is 9.76. The number of hydrogen-bond donors (Lipinski definition) is 1. The number of para-hydroxylation sites is 1. The average molecular weight is 203 g/mol.